The van der Waals surface area contributed by atoms with Crippen molar-refractivity contribution in [2.24, 2.45) is 0 Å². The lowest BCUT2D eigenvalue weighted by Crippen LogP contribution is -2.21. The van der Waals surface area contributed by atoms with Gasteiger partial charge in [-0.3, -0.25) is 0 Å². The molecule has 20 rings (SSSR count). The quantitative estimate of drug-likeness (QED) is 0.0860. The van der Waals surface area contributed by atoms with Crippen LogP contribution in [0.1, 0.15) is 143 Å². The number of H-pyrrole nitrogens is 5. The number of aromatic amines is 5. The minimum Gasteiger partial charge on any atom is -0.497 e. The molecule has 5 aliphatic rings. The Kier molecular flexibility index (Phi) is 17.2. The third-order valence-electron chi connectivity index (χ3n) is 23.0. The van der Waals surface area contributed by atoms with E-state index in [1.165, 1.54) is 211 Å². The average molecular weight is 1370 g/mol. The predicted octanol–water partition coefficient (Wildman–Crippen LogP) is 23.4. The van der Waals surface area contributed by atoms with Gasteiger partial charge < -0.3 is 49.3 Å². The largest absolute Gasteiger partial charge is 0.497 e. The molecule has 6 N–H and O–H groups in total. The van der Waals surface area contributed by atoms with Gasteiger partial charge in [0.2, 0.25) is 0 Å². The van der Waals surface area contributed by atoms with Crippen LogP contribution in [-0.4, -0.2) is 65.9 Å². The molecule has 10 aromatic carbocycles. The smallest absolute Gasteiger partial charge is 0.119 e. The van der Waals surface area contributed by atoms with Crippen LogP contribution < -0.4 is 24.4 Å². The lowest BCUT2D eigenvalue weighted by atomic mass is 9.81. The number of ether oxygens (including phenoxy) is 3. The molecule has 0 bridgehead atoms. The van der Waals surface area contributed by atoms with Gasteiger partial charge in [0.05, 0.1) is 49.8 Å². The first kappa shape index (κ1) is 67.4. The molecule has 5 aliphatic carbocycles. The number of rotatable bonds is 9. The summed E-state index contributed by atoms with van der Waals surface area (Å²) in [6.45, 7) is 29.6. The van der Waals surface area contributed by atoms with Crippen LogP contribution in [0.5, 0.6) is 17.2 Å². The number of methoxy groups -OCH3 is 3. The van der Waals surface area contributed by atoms with E-state index < -0.39 is 0 Å². The van der Waals surface area contributed by atoms with Gasteiger partial charge in [-0.15, -0.1) is 0 Å². The molecule has 0 radical (unpaired) electrons. The molecule has 15 aromatic rings. The summed E-state index contributed by atoms with van der Waals surface area (Å²) in [6, 6.07) is 63.4. The summed E-state index contributed by atoms with van der Waals surface area (Å²) in [5.41, 5.74) is 44.2. The predicted molar refractivity (Wildman–Crippen MR) is 437 cm³/mol. The number of anilines is 2. The van der Waals surface area contributed by atoms with Crippen LogP contribution in [0.3, 0.4) is 0 Å². The Morgan fingerprint density at radius 1 is 0.404 bits per heavy atom. The van der Waals surface area contributed by atoms with Gasteiger partial charge in [0, 0.05) is 144 Å². The standard InChI is InChI=1S/C20H22N2.2C19H19NO.C18H18N2.C18H17NO/c1-4-22(5-2)15-10-13(3)19-18(12-15)17-11-14-8-6-7-9-16(14)20(17)21-19;1-11-9-12(21-4)10-14-16-18(20-17(11)14)13-7-5-6-8-15(13)19(16,2)3;1-11(2)15-9-13(21-3)10-17-16-8-12-6-4-5-7-14(12)18(16)20-19(15)17;1-3-19-13-8-11(2)17-16(10-13)15-9-12-6-4-5-7-14(12)18(15)20-17;1-10-5-4-6-12-8-14-15-9-13(20-3)7-11(2)17(15)19-18(14)16(10)12/h6-10,12,21H,4-5,11H2,1-3H3;5-10,20H,1-4H3;4-7,9-11,20H,8H2,1-3H3;4-8,10,19-20H,3,9H2,1-2H3;4-7,9,19H,8H2,1-3H3. The number of nitrogens with one attached hydrogen (secondary N) is 6. The van der Waals surface area contributed by atoms with Gasteiger partial charge >= 0.3 is 0 Å². The fourth-order valence-corrected chi connectivity index (χ4v) is 17.8. The molecule has 0 atom stereocenters. The van der Waals surface area contributed by atoms with Gasteiger partial charge in [-0.1, -0.05) is 143 Å². The van der Waals surface area contributed by atoms with Crippen LogP contribution in [-0.2, 0) is 31.1 Å². The normalized spacial score (nSPS) is 13.1. The van der Waals surface area contributed by atoms with Crippen molar-refractivity contribution in [2.45, 2.75) is 120 Å². The summed E-state index contributed by atoms with van der Waals surface area (Å²) in [7, 11) is 5.20. The maximum Gasteiger partial charge on any atom is 0.119 e. The van der Waals surface area contributed by atoms with Crippen molar-refractivity contribution in [3.63, 3.8) is 0 Å². The van der Waals surface area contributed by atoms with E-state index in [1.54, 1.807) is 21.3 Å². The van der Waals surface area contributed by atoms with E-state index in [2.05, 4.69) is 294 Å². The fourth-order valence-electron chi connectivity index (χ4n) is 17.8. The molecule has 0 saturated carbocycles. The van der Waals surface area contributed by atoms with Crippen LogP contribution in [0.15, 0.2) is 176 Å². The number of hydrogen-bond acceptors (Lipinski definition) is 5. The maximum absolute atomic E-state index is 5.51. The number of benzene rings is 10. The Morgan fingerprint density at radius 3 is 1.36 bits per heavy atom. The van der Waals surface area contributed by atoms with Gasteiger partial charge in [-0.05, 0) is 211 Å². The molecule has 0 aliphatic heterocycles. The summed E-state index contributed by atoms with van der Waals surface area (Å²) in [4.78, 5) is 20.7. The molecule has 10 nitrogen and oxygen atoms in total. The molecule has 0 unspecified atom stereocenters. The molecular formula is C94H95N7O3. The zero-order valence-corrected chi connectivity index (χ0v) is 62.9. The average Bonchev–Trinajstić information content (AvgIpc) is 1.52. The highest BCUT2D eigenvalue weighted by atomic mass is 16.5. The van der Waals surface area contributed by atoms with Crippen molar-refractivity contribution < 1.29 is 14.2 Å². The molecule has 5 aromatic heterocycles. The van der Waals surface area contributed by atoms with Crippen molar-refractivity contribution >= 4 is 65.9 Å². The van der Waals surface area contributed by atoms with Crippen molar-refractivity contribution in [1.29, 1.82) is 0 Å². The number of hydrogen-bond donors (Lipinski definition) is 6. The van der Waals surface area contributed by atoms with Gasteiger partial charge in [0.15, 0.2) is 0 Å². The Morgan fingerprint density at radius 2 is 0.817 bits per heavy atom. The van der Waals surface area contributed by atoms with E-state index in [0.29, 0.717) is 5.92 Å². The SMILES string of the molecule is CCN(CC)c1cc(C)c2[nH]c3c(c2c1)Cc1ccccc1-3.CCNc1cc(C)c2[nH]c3c(c2c1)Cc1ccccc1-3.COc1cc(C(C)C)c2[nH]c3c(c2c1)Cc1ccccc1-3.COc1cc(C)c2[nH]c3c(c2c1)C(C)(C)c1ccccc1-3.COc1cc(C)c2[nH]c3c(c2c1)Cc1cccc(C)c1-3. The Labute approximate surface area is 611 Å². The summed E-state index contributed by atoms with van der Waals surface area (Å²) in [6.07, 6.45) is 4.11. The van der Waals surface area contributed by atoms with E-state index in [4.69, 9.17) is 14.2 Å². The third-order valence-corrected chi connectivity index (χ3v) is 23.0. The summed E-state index contributed by atoms with van der Waals surface area (Å²) in [5, 5.41) is 10.1. The highest BCUT2D eigenvalue weighted by molar-refractivity contribution is 6.02. The topological polar surface area (TPSA) is 122 Å². The van der Waals surface area contributed by atoms with Crippen LogP contribution in [0, 0.1) is 34.6 Å². The van der Waals surface area contributed by atoms with Crippen molar-refractivity contribution in [3.8, 4) is 73.5 Å². The Bertz CT molecular complexity index is 5890. The van der Waals surface area contributed by atoms with Gasteiger partial charge in [-0.25, -0.2) is 0 Å². The molecule has 5 heterocycles. The number of fused-ring (bicyclic) bond motifs is 25. The van der Waals surface area contributed by atoms with Gasteiger partial charge in [0.25, 0.3) is 0 Å². The van der Waals surface area contributed by atoms with Crippen molar-refractivity contribution in [3.05, 3.63) is 265 Å². The number of aryl methyl sites for hydroxylation is 5. The molecule has 524 valence electrons. The fraction of sp³-hybridized carbons (Fsp3) is 0.255. The van der Waals surface area contributed by atoms with E-state index in [-0.39, 0.29) is 5.41 Å². The second kappa shape index (κ2) is 26.6. The lowest BCUT2D eigenvalue weighted by molar-refractivity contribution is 0.414. The maximum atomic E-state index is 5.51. The molecule has 0 fully saturated rings. The molecule has 0 spiro atoms. The molecule has 0 amide bonds. The van der Waals surface area contributed by atoms with Crippen LogP contribution in [0.4, 0.5) is 11.4 Å². The monoisotopic (exact) mass is 1370 g/mol. The lowest BCUT2D eigenvalue weighted by Gasteiger charge is -2.22. The first-order chi connectivity index (χ1) is 50.4. The van der Waals surface area contributed by atoms with E-state index in [1.807, 2.05) is 0 Å². The number of nitrogens with zero attached hydrogens (tertiary/aromatic N) is 1. The van der Waals surface area contributed by atoms with E-state index in [0.717, 1.165) is 62.6 Å². The highest BCUT2D eigenvalue weighted by Gasteiger charge is 2.39. The molecular weight excluding hydrogens is 1280 g/mol. The van der Waals surface area contributed by atoms with Gasteiger partial charge in [-0.2, -0.15) is 0 Å². The Balaban J connectivity index is 0.000000100. The summed E-state index contributed by atoms with van der Waals surface area (Å²) in [5.74, 6) is 3.28. The van der Waals surface area contributed by atoms with Crippen molar-refractivity contribution in [2.75, 3.05) is 51.2 Å². The van der Waals surface area contributed by atoms with Crippen LogP contribution in [0.25, 0.3) is 111 Å². The minimum atomic E-state index is 0.0168. The molecule has 10 heteroatoms. The first-order valence-electron chi connectivity index (χ1n) is 37.3. The minimum absolute atomic E-state index is 0.0168. The van der Waals surface area contributed by atoms with Gasteiger partial charge in [0.1, 0.15) is 17.2 Å². The number of aromatic nitrogens is 5. The van der Waals surface area contributed by atoms with Crippen LogP contribution >= 0.6 is 0 Å². The molecule has 104 heavy (non-hydrogen) atoms. The van der Waals surface area contributed by atoms with E-state index >= 15 is 0 Å². The summed E-state index contributed by atoms with van der Waals surface area (Å²) >= 11 is 0. The van der Waals surface area contributed by atoms with E-state index in [9.17, 15) is 0 Å². The second-order valence-corrected chi connectivity index (χ2v) is 29.9. The van der Waals surface area contributed by atoms with Crippen molar-refractivity contribution in [1.82, 2.24) is 24.9 Å². The summed E-state index contributed by atoms with van der Waals surface area (Å²) < 4.78 is 16.4. The van der Waals surface area contributed by atoms with Crippen LogP contribution in [0.2, 0.25) is 0 Å². The highest BCUT2D eigenvalue weighted by Crippen LogP contribution is 2.53. The first-order valence-corrected chi connectivity index (χ1v) is 37.3. The third kappa shape index (κ3) is 11.2. The zero-order chi connectivity index (χ0) is 72.1. The zero-order valence-electron chi connectivity index (χ0n) is 62.9. The Hall–Kier alpha value is -11.1. The molecule has 0 saturated heterocycles. The second-order valence-electron chi connectivity index (χ2n) is 29.9.